The lowest BCUT2D eigenvalue weighted by atomic mass is 9.93. The first-order valence-electron chi connectivity index (χ1n) is 10.2. The highest BCUT2D eigenvalue weighted by Gasteiger charge is 2.22. The number of aromatic nitrogens is 3. The Morgan fingerprint density at radius 3 is 2.89 bits per heavy atom. The van der Waals surface area contributed by atoms with Crippen molar-refractivity contribution in [3.8, 4) is 0 Å². The highest BCUT2D eigenvalue weighted by Crippen LogP contribution is 2.30. The molecule has 6 nitrogen and oxygen atoms in total. The maximum atomic E-state index is 8.40. The maximum absolute atomic E-state index is 8.40. The normalized spacial score (nSPS) is 26.9. The van der Waals surface area contributed by atoms with Crippen LogP contribution in [-0.2, 0) is 4.74 Å². The zero-order chi connectivity index (χ0) is 20.5. The topological polar surface area (TPSA) is 63.2 Å². The van der Waals surface area contributed by atoms with Gasteiger partial charge in [0.05, 0.1) is 19.7 Å². The van der Waals surface area contributed by atoms with Gasteiger partial charge in [0.2, 0.25) is 5.95 Å². The number of likely N-dealkylation sites (N-methyl/N-ethyl adjacent to an activating group) is 1. The monoisotopic (exact) mass is 387 g/mol. The second kappa shape index (κ2) is 7.82. The molecule has 0 radical (unpaired) electrons. The van der Waals surface area contributed by atoms with Crippen molar-refractivity contribution in [2.75, 3.05) is 26.0 Å². The van der Waals surface area contributed by atoms with E-state index in [4.69, 9.17) is 24.1 Å². The molecule has 0 bridgehead atoms. The third-order valence-corrected chi connectivity index (χ3v) is 5.41. The van der Waals surface area contributed by atoms with E-state index >= 15 is 0 Å². The number of allylic oxidation sites excluding steroid dienone is 2. The summed E-state index contributed by atoms with van der Waals surface area (Å²) >= 11 is 6.28. The van der Waals surface area contributed by atoms with Crippen molar-refractivity contribution in [2.45, 2.75) is 37.8 Å². The van der Waals surface area contributed by atoms with Crippen molar-refractivity contribution >= 4 is 34.0 Å². The summed E-state index contributed by atoms with van der Waals surface area (Å²) in [6, 6.07) is 0.498. The van der Waals surface area contributed by atoms with Gasteiger partial charge in [-0.3, -0.25) is 0 Å². The number of hydrogen-bond acceptors (Lipinski definition) is 6. The van der Waals surface area contributed by atoms with Crippen LogP contribution in [-0.4, -0.2) is 52.7 Å². The van der Waals surface area contributed by atoms with Gasteiger partial charge in [-0.25, -0.2) is 15.0 Å². The lowest BCUT2D eigenvalue weighted by Gasteiger charge is -2.28. The second-order valence-electron chi connectivity index (χ2n) is 6.94. The predicted octanol–water partition coefficient (Wildman–Crippen LogP) is 3.89. The first kappa shape index (κ1) is 15.8. The van der Waals surface area contributed by atoms with E-state index in [1.54, 1.807) is 37.7 Å². The van der Waals surface area contributed by atoms with Crippen molar-refractivity contribution in [1.29, 1.82) is 0 Å². The van der Waals surface area contributed by atoms with E-state index in [2.05, 4.69) is 15.3 Å². The molecule has 1 aliphatic heterocycles. The molecule has 1 N–H and O–H groups in total. The molecular weight excluding hydrogens is 362 g/mol. The Bertz CT molecular complexity index is 975. The highest BCUT2D eigenvalue weighted by molar-refractivity contribution is 6.34. The summed E-state index contributed by atoms with van der Waals surface area (Å²) in [5, 5.41) is 4.38. The van der Waals surface area contributed by atoms with Crippen molar-refractivity contribution in [3.63, 3.8) is 0 Å². The van der Waals surface area contributed by atoms with Gasteiger partial charge in [-0.2, -0.15) is 0 Å². The van der Waals surface area contributed by atoms with Crippen LogP contribution in [0, 0.1) is 0 Å². The molecule has 4 rings (SSSR count). The Labute approximate surface area is 167 Å². The zero-order valence-corrected chi connectivity index (χ0v) is 16.2. The van der Waals surface area contributed by atoms with Crippen LogP contribution in [0.25, 0.3) is 16.5 Å². The Morgan fingerprint density at radius 1 is 1.30 bits per heavy atom. The van der Waals surface area contributed by atoms with Crippen molar-refractivity contribution in [3.05, 3.63) is 41.4 Å². The second-order valence-corrected chi connectivity index (χ2v) is 7.30. The number of ether oxygens (including phenoxy) is 1. The van der Waals surface area contributed by atoms with Gasteiger partial charge in [0.1, 0.15) is 5.15 Å². The number of fused-ring (bicyclic) bond motifs is 1. The van der Waals surface area contributed by atoms with Gasteiger partial charge in [-0.05, 0) is 43.5 Å². The van der Waals surface area contributed by atoms with Crippen LogP contribution < -0.4 is 5.32 Å². The number of pyridine rings is 1. The van der Waals surface area contributed by atoms with Crippen molar-refractivity contribution in [2.24, 2.45) is 0 Å². The summed E-state index contributed by atoms with van der Waals surface area (Å²) in [6.07, 6.45) is 11.3. The summed E-state index contributed by atoms with van der Waals surface area (Å²) in [7, 11) is 3.54. The molecule has 2 aromatic heterocycles. The Hall–Kier alpha value is -2.18. The smallest absolute Gasteiger partial charge is 0.223 e. The molecule has 3 heterocycles. The van der Waals surface area contributed by atoms with Crippen molar-refractivity contribution in [1.82, 2.24) is 19.9 Å². The van der Waals surface area contributed by atoms with Gasteiger partial charge in [-0.15, -0.1) is 0 Å². The fraction of sp³-hybridized carbons (Fsp3) is 0.450. The SMILES string of the molecule is [2H]C1=C(c2cnc(Cl)c3cnc(NC4CCC(OC)CC4)nc23)C=CN(C)C1[2H]. The molecule has 7 heteroatoms. The van der Waals surface area contributed by atoms with E-state index in [0.717, 1.165) is 25.7 Å². The minimum atomic E-state index is -0.767. The lowest BCUT2D eigenvalue weighted by Crippen LogP contribution is -2.29. The highest BCUT2D eigenvalue weighted by atomic mass is 35.5. The van der Waals surface area contributed by atoms with Gasteiger partial charge in [0.25, 0.3) is 0 Å². The average Bonchev–Trinajstić information content (AvgIpc) is 2.74. The Morgan fingerprint density at radius 2 is 2.11 bits per heavy atom. The van der Waals surface area contributed by atoms with Gasteiger partial charge < -0.3 is 15.0 Å². The number of methoxy groups -OCH3 is 1. The third-order valence-electron chi connectivity index (χ3n) is 5.10. The van der Waals surface area contributed by atoms with E-state index in [1.807, 2.05) is 6.08 Å². The first-order chi connectivity index (χ1) is 14.0. The van der Waals surface area contributed by atoms with Crippen LogP contribution in [0.5, 0.6) is 0 Å². The maximum Gasteiger partial charge on any atom is 0.223 e. The van der Waals surface area contributed by atoms with Gasteiger partial charge in [0, 0.05) is 44.7 Å². The molecule has 1 saturated carbocycles. The van der Waals surface area contributed by atoms with Crippen LogP contribution in [0.2, 0.25) is 5.15 Å². The van der Waals surface area contributed by atoms with E-state index < -0.39 is 6.52 Å². The molecule has 1 fully saturated rings. The average molecular weight is 388 g/mol. The van der Waals surface area contributed by atoms with E-state index in [-0.39, 0.29) is 6.05 Å². The molecule has 1 aliphatic carbocycles. The fourth-order valence-corrected chi connectivity index (χ4v) is 3.69. The van der Waals surface area contributed by atoms with Gasteiger partial charge >= 0.3 is 0 Å². The zero-order valence-electron chi connectivity index (χ0n) is 17.4. The van der Waals surface area contributed by atoms with Gasteiger partial charge in [-0.1, -0.05) is 17.7 Å². The van der Waals surface area contributed by atoms with E-state index in [9.17, 15) is 0 Å². The molecule has 0 spiro atoms. The van der Waals surface area contributed by atoms with Gasteiger partial charge in [0.15, 0.2) is 0 Å². The molecule has 2 aromatic rings. The molecule has 0 saturated heterocycles. The number of hydrogen-bond donors (Lipinski definition) is 1. The van der Waals surface area contributed by atoms with E-state index in [1.165, 1.54) is 0 Å². The summed E-state index contributed by atoms with van der Waals surface area (Å²) in [4.78, 5) is 15.1. The molecule has 142 valence electrons. The van der Waals surface area contributed by atoms with Crippen LogP contribution in [0.3, 0.4) is 0 Å². The van der Waals surface area contributed by atoms with Crippen LogP contribution in [0.1, 0.15) is 34.0 Å². The largest absolute Gasteiger partial charge is 0.381 e. The standard InChI is InChI=1S/C20H24ClN5O/c1-26-9-7-13(8-10-26)16-11-22-19(21)17-12-23-20(25-18(16)17)24-14-3-5-15(27-2)6-4-14/h7-9,11-12,14-15H,3-6,10H2,1-2H3,(H,23,24,25)/i8D,10D. The molecule has 2 aliphatic rings. The number of nitrogens with zero attached hydrogens (tertiary/aromatic N) is 4. The van der Waals surface area contributed by atoms with Crippen LogP contribution in [0.4, 0.5) is 5.95 Å². The summed E-state index contributed by atoms with van der Waals surface area (Å²) < 4.78 is 22.0. The number of rotatable bonds is 4. The molecule has 1 unspecified atom stereocenters. The molecule has 27 heavy (non-hydrogen) atoms. The Balaban J connectivity index is 1.69. The van der Waals surface area contributed by atoms with Crippen LogP contribution in [0.15, 0.2) is 30.7 Å². The van der Waals surface area contributed by atoms with E-state index in [0.29, 0.717) is 45.3 Å². The molecular formula is C20H24ClN5O. The number of anilines is 1. The minimum Gasteiger partial charge on any atom is -0.381 e. The minimum absolute atomic E-state index is 0.200. The summed E-state index contributed by atoms with van der Waals surface area (Å²) in [5.74, 6) is 0.536. The molecule has 0 amide bonds. The molecule has 0 aromatic carbocycles. The molecule has 1 atom stereocenters. The Kier molecular flexibility index (Phi) is 4.59. The summed E-state index contributed by atoms with van der Waals surface area (Å²) in [5.41, 5.74) is 1.95. The lowest BCUT2D eigenvalue weighted by molar-refractivity contribution is 0.0681. The number of nitrogens with one attached hydrogen (secondary N) is 1. The fourth-order valence-electron chi connectivity index (χ4n) is 3.50. The first-order valence-corrected chi connectivity index (χ1v) is 9.50. The predicted molar refractivity (Wildman–Crippen MR) is 109 cm³/mol. The third kappa shape index (κ3) is 3.92. The number of halogens is 1. The quantitative estimate of drug-likeness (QED) is 0.803. The summed E-state index contributed by atoms with van der Waals surface area (Å²) in [6.45, 7) is -0.767. The van der Waals surface area contributed by atoms with Crippen molar-refractivity contribution < 1.29 is 7.48 Å². The van der Waals surface area contributed by atoms with Crippen LogP contribution >= 0.6 is 11.6 Å².